The fourth-order valence-corrected chi connectivity index (χ4v) is 2.14. The van der Waals surface area contributed by atoms with Gasteiger partial charge in [-0.25, -0.2) is 0 Å². The van der Waals surface area contributed by atoms with Crippen molar-refractivity contribution >= 4 is 11.5 Å². The first-order valence-corrected chi connectivity index (χ1v) is 5.60. The molecule has 0 saturated carbocycles. The lowest BCUT2D eigenvalue weighted by Crippen LogP contribution is -2.30. The average Bonchev–Trinajstić information content (AvgIpc) is 2.48. The van der Waals surface area contributed by atoms with Crippen LogP contribution in [-0.2, 0) is 0 Å². The molecule has 0 amide bonds. The van der Waals surface area contributed by atoms with Crippen molar-refractivity contribution < 1.29 is 5.11 Å². The molecule has 1 aliphatic rings. The zero-order chi connectivity index (χ0) is 12.4. The van der Waals surface area contributed by atoms with Crippen LogP contribution >= 0.6 is 0 Å². The lowest BCUT2D eigenvalue weighted by molar-refractivity contribution is 0.0690. The van der Waals surface area contributed by atoms with E-state index in [0.29, 0.717) is 6.42 Å². The molecule has 0 radical (unpaired) electrons. The second-order valence-corrected chi connectivity index (χ2v) is 4.06. The Hall–Kier alpha value is -1.68. The molecular formula is C13H17N3O. The van der Waals surface area contributed by atoms with Crippen LogP contribution < -0.4 is 0 Å². The van der Waals surface area contributed by atoms with E-state index in [0.717, 1.165) is 22.7 Å². The second-order valence-electron chi connectivity index (χ2n) is 4.06. The highest BCUT2D eigenvalue weighted by Crippen LogP contribution is 2.27. The molecule has 0 aliphatic carbocycles. The SMILES string of the molecule is CN=C1CC(=NC)N(C)[C@H](O)c2ccccc21. The van der Waals surface area contributed by atoms with E-state index in [4.69, 9.17) is 0 Å². The third-order valence-electron chi connectivity index (χ3n) is 3.18. The maximum Gasteiger partial charge on any atom is 0.154 e. The summed E-state index contributed by atoms with van der Waals surface area (Å²) in [5.74, 6) is 0.842. The number of aliphatic hydroxyl groups is 1. The molecule has 1 atom stereocenters. The van der Waals surface area contributed by atoms with Crippen LogP contribution in [0.15, 0.2) is 34.3 Å². The quantitative estimate of drug-likeness (QED) is 0.735. The molecule has 0 aromatic heterocycles. The number of aliphatic imine (C=N–C) groups is 2. The number of hydrogen-bond acceptors (Lipinski definition) is 3. The van der Waals surface area contributed by atoms with Crippen LogP contribution in [0, 0.1) is 0 Å². The number of amidine groups is 1. The Morgan fingerprint density at radius 3 is 2.59 bits per heavy atom. The van der Waals surface area contributed by atoms with Crippen molar-refractivity contribution in [3.8, 4) is 0 Å². The van der Waals surface area contributed by atoms with Crippen LogP contribution in [0.3, 0.4) is 0 Å². The van der Waals surface area contributed by atoms with Gasteiger partial charge in [0.1, 0.15) is 5.84 Å². The Morgan fingerprint density at radius 2 is 1.94 bits per heavy atom. The summed E-state index contributed by atoms with van der Waals surface area (Å²) in [5.41, 5.74) is 2.85. The zero-order valence-electron chi connectivity index (χ0n) is 10.4. The minimum absolute atomic E-state index is 0.650. The molecule has 0 bridgehead atoms. The number of aliphatic hydroxyl groups excluding tert-OH is 1. The zero-order valence-corrected chi connectivity index (χ0v) is 10.4. The van der Waals surface area contributed by atoms with Crippen LogP contribution in [0.5, 0.6) is 0 Å². The topological polar surface area (TPSA) is 48.2 Å². The molecule has 4 heteroatoms. The largest absolute Gasteiger partial charge is 0.369 e. The van der Waals surface area contributed by atoms with Crippen molar-refractivity contribution in [2.24, 2.45) is 9.98 Å². The van der Waals surface area contributed by atoms with Gasteiger partial charge in [-0.2, -0.15) is 0 Å². The highest BCUT2D eigenvalue weighted by molar-refractivity contribution is 6.13. The summed E-state index contributed by atoms with van der Waals surface area (Å²) in [4.78, 5) is 10.3. The molecule has 1 N–H and O–H groups in total. The average molecular weight is 231 g/mol. The van der Waals surface area contributed by atoms with Crippen LogP contribution in [0.1, 0.15) is 23.8 Å². The molecule has 4 nitrogen and oxygen atoms in total. The van der Waals surface area contributed by atoms with Gasteiger partial charge in [-0.1, -0.05) is 24.3 Å². The molecule has 1 heterocycles. The molecule has 0 unspecified atom stereocenters. The summed E-state index contributed by atoms with van der Waals surface area (Å²) in [6.07, 6.45) is -0.0125. The molecule has 17 heavy (non-hydrogen) atoms. The van der Waals surface area contributed by atoms with Crippen molar-refractivity contribution in [1.29, 1.82) is 0 Å². The van der Waals surface area contributed by atoms with Crippen LogP contribution in [0.4, 0.5) is 0 Å². The first kappa shape index (κ1) is 11.8. The lowest BCUT2D eigenvalue weighted by atomic mass is 10.0. The number of rotatable bonds is 0. The van der Waals surface area contributed by atoms with Crippen molar-refractivity contribution in [1.82, 2.24) is 4.90 Å². The molecule has 0 fully saturated rings. The maximum atomic E-state index is 10.3. The van der Waals surface area contributed by atoms with Crippen LogP contribution in [0.2, 0.25) is 0 Å². The number of benzene rings is 1. The minimum atomic E-state index is -0.663. The second kappa shape index (κ2) is 4.67. The Balaban J connectivity index is 2.60. The Bertz CT molecular complexity index is 479. The van der Waals surface area contributed by atoms with Gasteiger partial charge in [-0.3, -0.25) is 9.98 Å². The van der Waals surface area contributed by atoms with E-state index in [1.54, 1.807) is 19.0 Å². The van der Waals surface area contributed by atoms with Gasteiger partial charge in [-0.05, 0) is 0 Å². The number of fused-ring (bicyclic) bond motifs is 1. The summed E-state index contributed by atoms with van der Waals surface area (Å²) in [7, 11) is 5.36. The van der Waals surface area contributed by atoms with Gasteiger partial charge < -0.3 is 10.0 Å². The van der Waals surface area contributed by atoms with Gasteiger partial charge in [0.05, 0.1) is 0 Å². The number of nitrogens with zero attached hydrogens (tertiary/aromatic N) is 3. The van der Waals surface area contributed by atoms with Gasteiger partial charge in [-0.15, -0.1) is 0 Å². The van der Waals surface area contributed by atoms with E-state index in [9.17, 15) is 5.11 Å². The number of hydrogen-bond donors (Lipinski definition) is 1. The van der Waals surface area contributed by atoms with Crippen molar-refractivity contribution in [3.05, 3.63) is 35.4 Å². The minimum Gasteiger partial charge on any atom is -0.369 e. The summed E-state index contributed by atoms with van der Waals surface area (Å²) >= 11 is 0. The van der Waals surface area contributed by atoms with E-state index in [1.165, 1.54) is 0 Å². The summed E-state index contributed by atoms with van der Waals surface area (Å²) in [6.45, 7) is 0. The Kier molecular flexibility index (Phi) is 3.24. The van der Waals surface area contributed by atoms with Gasteiger partial charge in [0, 0.05) is 44.4 Å². The standard InChI is InChI=1S/C13H17N3O/c1-14-11-8-12(15-2)16(3)13(17)10-7-5-4-6-9(10)11/h4-7,13,17H,8H2,1-3H3/t13-/m1/s1. The van der Waals surface area contributed by atoms with E-state index < -0.39 is 6.23 Å². The molecule has 0 saturated heterocycles. The summed E-state index contributed by atoms with van der Waals surface area (Å²) in [5, 5.41) is 10.3. The van der Waals surface area contributed by atoms with E-state index in [-0.39, 0.29) is 0 Å². The fraction of sp³-hybridized carbons (Fsp3) is 0.385. The van der Waals surface area contributed by atoms with Crippen molar-refractivity contribution in [3.63, 3.8) is 0 Å². The predicted octanol–water partition coefficient (Wildman–Crippen LogP) is 1.46. The lowest BCUT2D eigenvalue weighted by Gasteiger charge is -2.24. The maximum absolute atomic E-state index is 10.3. The predicted molar refractivity (Wildman–Crippen MR) is 69.6 cm³/mol. The van der Waals surface area contributed by atoms with Crippen molar-refractivity contribution in [2.45, 2.75) is 12.6 Å². The first-order valence-electron chi connectivity index (χ1n) is 5.60. The molecule has 90 valence electrons. The highest BCUT2D eigenvalue weighted by atomic mass is 16.3. The molecule has 0 spiro atoms. The highest BCUT2D eigenvalue weighted by Gasteiger charge is 2.26. The van der Waals surface area contributed by atoms with Gasteiger partial charge >= 0.3 is 0 Å². The fourth-order valence-electron chi connectivity index (χ4n) is 2.14. The van der Waals surface area contributed by atoms with Crippen LogP contribution in [0.25, 0.3) is 0 Å². The van der Waals surface area contributed by atoms with Crippen LogP contribution in [-0.4, -0.2) is 42.7 Å². The normalized spacial score (nSPS) is 24.9. The third kappa shape index (κ3) is 1.96. The Labute approximate surface area is 101 Å². The van der Waals surface area contributed by atoms with E-state index in [1.807, 2.05) is 31.3 Å². The third-order valence-corrected chi connectivity index (χ3v) is 3.18. The van der Waals surface area contributed by atoms with Gasteiger partial charge in [0.15, 0.2) is 6.23 Å². The van der Waals surface area contributed by atoms with Gasteiger partial charge in [0.2, 0.25) is 0 Å². The van der Waals surface area contributed by atoms with E-state index >= 15 is 0 Å². The summed E-state index contributed by atoms with van der Waals surface area (Å²) in [6, 6.07) is 7.82. The molecule has 1 aliphatic heterocycles. The monoisotopic (exact) mass is 231 g/mol. The van der Waals surface area contributed by atoms with Gasteiger partial charge in [0.25, 0.3) is 0 Å². The molecule has 2 rings (SSSR count). The summed E-state index contributed by atoms with van der Waals surface area (Å²) < 4.78 is 0. The molecule has 1 aromatic rings. The van der Waals surface area contributed by atoms with Crippen molar-refractivity contribution in [2.75, 3.05) is 21.1 Å². The smallest absolute Gasteiger partial charge is 0.154 e. The first-order chi connectivity index (χ1) is 8.19. The van der Waals surface area contributed by atoms with E-state index in [2.05, 4.69) is 9.98 Å². The molecule has 1 aromatic carbocycles. The Morgan fingerprint density at radius 1 is 1.24 bits per heavy atom. The molecular weight excluding hydrogens is 214 g/mol.